The molecule has 0 aliphatic carbocycles. The molecule has 0 fully saturated rings. The summed E-state index contributed by atoms with van der Waals surface area (Å²) in [4.78, 5) is 0. The molecule has 0 bridgehead atoms. The van der Waals surface area contributed by atoms with Crippen LogP contribution in [-0.4, -0.2) is 13.7 Å². The van der Waals surface area contributed by atoms with E-state index < -0.39 is 0 Å². The molecule has 1 aromatic rings. The normalized spacial score (nSPS) is 12.9. The Balaban J connectivity index is 3.03. The largest absolute Gasteiger partial charge is 0.375 e. The standard InChI is InChI=1S/C9H11Cl2NO/c1-13-9(5-12)7-4-6(10)2-3-8(7)11/h2-4,9H,5,12H2,1H3/t9-/m1/s1. The van der Waals surface area contributed by atoms with Gasteiger partial charge in [-0.15, -0.1) is 0 Å². The van der Waals surface area contributed by atoms with Crippen molar-refractivity contribution >= 4 is 23.2 Å². The van der Waals surface area contributed by atoms with E-state index in [4.69, 9.17) is 33.7 Å². The second-order valence-electron chi connectivity index (χ2n) is 2.63. The first-order valence-corrected chi connectivity index (χ1v) is 4.62. The van der Waals surface area contributed by atoms with Crippen LogP contribution in [0.4, 0.5) is 0 Å². The van der Waals surface area contributed by atoms with Crippen molar-refractivity contribution in [2.45, 2.75) is 6.10 Å². The molecule has 1 atom stereocenters. The van der Waals surface area contributed by atoms with Gasteiger partial charge in [-0.2, -0.15) is 0 Å². The van der Waals surface area contributed by atoms with Crippen LogP contribution in [0.3, 0.4) is 0 Å². The molecule has 0 spiro atoms. The molecule has 0 saturated carbocycles. The molecule has 0 aliphatic rings. The average molecular weight is 220 g/mol. The lowest BCUT2D eigenvalue weighted by molar-refractivity contribution is 0.110. The van der Waals surface area contributed by atoms with Crippen molar-refractivity contribution in [2.24, 2.45) is 5.73 Å². The molecule has 1 aromatic carbocycles. The van der Waals surface area contributed by atoms with Gasteiger partial charge in [0.15, 0.2) is 0 Å². The van der Waals surface area contributed by atoms with Crippen molar-refractivity contribution in [3.8, 4) is 0 Å². The van der Waals surface area contributed by atoms with Gasteiger partial charge in [0.2, 0.25) is 0 Å². The summed E-state index contributed by atoms with van der Waals surface area (Å²) in [6.45, 7) is 0.385. The monoisotopic (exact) mass is 219 g/mol. The maximum Gasteiger partial charge on any atom is 0.0958 e. The lowest BCUT2D eigenvalue weighted by Crippen LogP contribution is -2.14. The van der Waals surface area contributed by atoms with Crippen molar-refractivity contribution in [3.63, 3.8) is 0 Å². The molecule has 0 unspecified atom stereocenters. The Labute approximate surface area is 87.6 Å². The van der Waals surface area contributed by atoms with Gasteiger partial charge in [-0.3, -0.25) is 0 Å². The zero-order valence-electron chi connectivity index (χ0n) is 7.26. The minimum atomic E-state index is -0.189. The SMILES string of the molecule is CO[C@H](CN)c1cc(Cl)ccc1Cl. The molecule has 0 saturated heterocycles. The minimum absolute atomic E-state index is 0.189. The van der Waals surface area contributed by atoms with Crippen molar-refractivity contribution < 1.29 is 4.74 Å². The van der Waals surface area contributed by atoms with Gasteiger partial charge in [0.25, 0.3) is 0 Å². The Kier molecular flexibility index (Phi) is 4.00. The summed E-state index contributed by atoms with van der Waals surface area (Å²) in [5.41, 5.74) is 6.34. The summed E-state index contributed by atoms with van der Waals surface area (Å²) in [6.07, 6.45) is -0.189. The quantitative estimate of drug-likeness (QED) is 0.849. The van der Waals surface area contributed by atoms with Crippen molar-refractivity contribution in [1.82, 2.24) is 0 Å². The number of methoxy groups -OCH3 is 1. The van der Waals surface area contributed by atoms with Crippen LogP contribution in [0.1, 0.15) is 11.7 Å². The third kappa shape index (κ3) is 2.58. The summed E-state index contributed by atoms with van der Waals surface area (Å²) >= 11 is 11.8. The molecule has 0 radical (unpaired) electrons. The minimum Gasteiger partial charge on any atom is -0.375 e. The predicted molar refractivity (Wildman–Crippen MR) is 55.3 cm³/mol. The Morgan fingerprint density at radius 2 is 2.15 bits per heavy atom. The smallest absolute Gasteiger partial charge is 0.0958 e. The van der Waals surface area contributed by atoms with Gasteiger partial charge in [-0.05, 0) is 18.2 Å². The lowest BCUT2D eigenvalue weighted by Gasteiger charge is -2.14. The molecule has 0 aliphatic heterocycles. The fraction of sp³-hybridized carbons (Fsp3) is 0.333. The van der Waals surface area contributed by atoms with E-state index in [-0.39, 0.29) is 6.10 Å². The third-order valence-corrected chi connectivity index (χ3v) is 2.38. The fourth-order valence-corrected chi connectivity index (χ4v) is 1.53. The van der Waals surface area contributed by atoms with Gasteiger partial charge in [-0.1, -0.05) is 23.2 Å². The molecular formula is C9H11Cl2NO. The van der Waals surface area contributed by atoms with E-state index in [0.29, 0.717) is 16.6 Å². The second kappa shape index (κ2) is 4.82. The summed E-state index contributed by atoms with van der Waals surface area (Å²) in [5, 5.41) is 1.26. The van der Waals surface area contributed by atoms with Gasteiger partial charge in [0.1, 0.15) is 0 Å². The van der Waals surface area contributed by atoms with E-state index >= 15 is 0 Å². The van der Waals surface area contributed by atoms with E-state index in [0.717, 1.165) is 5.56 Å². The third-order valence-electron chi connectivity index (χ3n) is 1.80. The topological polar surface area (TPSA) is 35.2 Å². The summed E-state index contributed by atoms with van der Waals surface area (Å²) in [7, 11) is 1.59. The predicted octanol–water partition coefficient (Wildman–Crippen LogP) is 2.64. The van der Waals surface area contributed by atoms with Crippen LogP contribution < -0.4 is 5.73 Å². The van der Waals surface area contributed by atoms with Crippen LogP contribution in [0.2, 0.25) is 10.0 Å². The molecule has 13 heavy (non-hydrogen) atoms. The van der Waals surface area contributed by atoms with Crippen molar-refractivity contribution in [2.75, 3.05) is 13.7 Å². The van der Waals surface area contributed by atoms with Crippen LogP contribution >= 0.6 is 23.2 Å². The van der Waals surface area contributed by atoms with Crippen LogP contribution in [0, 0.1) is 0 Å². The fourth-order valence-electron chi connectivity index (χ4n) is 1.11. The van der Waals surface area contributed by atoms with Crippen LogP contribution in [0.25, 0.3) is 0 Å². The molecule has 1 rings (SSSR count). The van der Waals surface area contributed by atoms with Gasteiger partial charge in [-0.25, -0.2) is 0 Å². The second-order valence-corrected chi connectivity index (χ2v) is 3.47. The zero-order valence-corrected chi connectivity index (χ0v) is 8.77. The first-order chi connectivity index (χ1) is 6.19. The molecule has 0 amide bonds. The van der Waals surface area contributed by atoms with E-state index in [1.165, 1.54) is 0 Å². The Bertz CT molecular complexity index is 287. The van der Waals surface area contributed by atoms with Crippen LogP contribution in [-0.2, 0) is 4.74 Å². The average Bonchev–Trinajstić information content (AvgIpc) is 2.13. The van der Waals surface area contributed by atoms with E-state index in [1.807, 2.05) is 0 Å². The van der Waals surface area contributed by atoms with Crippen LogP contribution in [0.15, 0.2) is 18.2 Å². The van der Waals surface area contributed by atoms with E-state index in [1.54, 1.807) is 25.3 Å². The number of halogens is 2. The first-order valence-electron chi connectivity index (χ1n) is 3.87. The summed E-state index contributed by atoms with van der Waals surface area (Å²) < 4.78 is 5.15. The lowest BCUT2D eigenvalue weighted by atomic mass is 10.1. The number of ether oxygens (including phenoxy) is 1. The molecule has 2 nitrogen and oxygen atoms in total. The zero-order chi connectivity index (χ0) is 9.84. The van der Waals surface area contributed by atoms with Gasteiger partial charge < -0.3 is 10.5 Å². The summed E-state index contributed by atoms with van der Waals surface area (Å²) in [5.74, 6) is 0. The highest BCUT2D eigenvalue weighted by Gasteiger charge is 2.12. The number of benzene rings is 1. The molecule has 0 heterocycles. The number of nitrogens with two attached hydrogens (primary N) is 1. The number of rotatable bonds is 3. The highest BCUT2D eigenvalue weighted by Crippen LogP contribution is 2.27. The van der Waals surface area contributed by atoms with Gasteiger partial charge in [0.05, 0.1) is 6.10 Å². The Morgan fingerprint density at radius 1 is 1.46 bits per heavy atom. The molecule has 0 aromatic heterocycles. The Morgan fingerprint density at radius 3 is 2.69 bits per heavy atom. The molecular weight excluding hydrogens is 209 g/mol. The van der Waals surface area contributed by atoms with Gasteiger partial charge in [0, 0.05) is 29.3 Å². The highest BCUT2D eigenvalue weighted by atomic mass is 35.5. The summed E-state index contributed by atoms with van der Waals surface area (Å²) in [6, 6.07) is 5.24. The Hall–Kier alpha value is -0.280. The van der Waals surface area contributed by atoms with E-state index in [2.05, 4.69) is 0 Å². The highest BCUT2D eigenvalue weighted by molar-refractivity contribution is 6.33. The number of hydrogen-bond donors (Lipinski definition) is 1. The first kappa shape index (κ1) is 10.8. The van der Waals surface area contributed by atoms with Gasteiger partial charge >= 0.3 is 0 Å². The van der Waals surface area contributed by atoms with Crippen molar-refractivity contribution in [3.05, 3.63) is 33.8 Å². The molecule has 72 valence electrons. The molecule has 2 N–H and O–H groups in total. The maximum atomic E-state index is 5.95. The van der Waals surface area contributed by atoms with E-state index in [9.17, 15) is 0 Å². The van der Waals surface area contributed by atoms with Crippen molar-refractivity contribution in [1.29, 1.82) is 0 Å². The molecule has 4 heteroatoms. The van der Waals surface area contributed by atoms with Crippen LogP contribution in [0.5, 0.6) is 0 Å². The number of hydrogen-bond acceptors (Lipinski definition) is 2. The maximum absolute atomic E-state index is 5.95.